The van der Waals surface area contributed by atoms with Crippen LogP contribution in [0.4, 0.5) is 4.79 Å². The number of hydrogen-bond donors (Lipinski definition) is 5. The molecular weight excluding hydrogens is 490 g/mol. The number of carbonyl (C=O) groups is 1. The summed E-state index contributed by atoms with van der Waals surface area (Å²) in [5.74, 6) is 1.10. The number of benzene rings is 2. The van der Waals surface area contributed by atoms with E-state index < -0.39 is 33.5 Å². The minimum absolute atomic E-state index is 0.0261. The number of fused-ring (bicyclic) bond motifs is 1. The molecule has 36 heavy (non-hydrogen) atoms. The van der Waals surface area contributed by atoms with Crippen LogP contribution in [0.15, 0.2) is 47.4 Å². The van der Waals surface area contributed by atoms with Crippen LogP contribution < -0.4 is 30.6 Å². The highest BCUT2D eigenvalue weighted by molar-refractivity contribution is 7.92. The summed E-state index contributed by atoms with van der Waals surface area (Å²) in [6.07, 6.45) is -2.31. The molecule has 1 amide bonds. The molecule has 2 aromatic rings. The van der Waals surface area contributed by atoms with Gasteiger partial charge in [-0.15, -0.1) is 0 Å². The van der Waals surface area contributed by atoms with Gasteiger partial charge in [0.25, 0.3) is 0 Å². The third kappa shape index (κ3) is 7.00. The van der Waals surface area contributed by atoms with Crippen LogP contribution in [0.1, 0.15) is 19.4 Å². The number of aliphatic hydroxyl groups excluding tert-OH is 1. The highest BCUT2D eigenvalue weighted by Gasteiger charge is 2.33. The molecule has 0 saturated carbocycles. The maximum absolute atomic E-state index is 13.4. The first kappa shape index (κ1) is 27.5. The smallest absolute Gasteiger partial charge is 0.404 e. The molecule has 3 rings (SSSR count). The van der Waals surface area contributed by atoms with Crippen LogP contribution in [0.2, 0.25) is 0 Å². The van der Waals surface area contributed by atoms with Gasteiger partial charge in [-0.05, 0) is 42.2 Å². The quantitative estimate of drug-likeness (QED) is 0.258. The maximum Gasteiger partial charge on any atom is 0.404 e. The zero-order chi connectivity index (χ0) is 26.3. The molecule has 0 spiro atoms. The van der Waals surface area contributed by atoms with Crippen LogP contribution in [0.25, 0.3) is 0 Å². The zero-order valence-corrected chi connectivity index (χ0v) is 21.0. The summed E-state index contributed by atoms with van der Waals surface area (Å²) in [6, 6.07) is 10.5. The predicted octanol–water partition coefficient (Wildman–Crippen LogP) is 1.34. The van der Waals surface area contributed by atoms with Gasteiger partial charge in [0.15, 0.2) is 21.3 Å². The SMILES string of the molecule is CC(C)C(NC[C@@H](O)[C@H](Cc1ccc(OCCN)cc1)NC(=O)O)S(=O)(=O)c1ccc2c(c1)OCO2. The van der Waals surface area contributed by atoms with E-state index in [4.69, 9.17) is 19.9 Å². The van der Waals surface area contributed by atoms with E-state index in [1.54, 1.807) is 44.2 Å². The number of amides is 1. The van der Waals surface area contributed by atoms with Crippen molar-refractivity contribution < 1.29 is 37.6 Å². The fraction of sp³-hybridized carbons (Fsp3) is 0.458. The Labute approximate surface area is 210 Å². The highest BCUT2D eigenvalue weighted by Crippen LogP contribution is 2.35. The van der Waals surface area contributed by atoms with Gasteiger partial charge in [-0.1, -0.05) is 26.0 Å². The van der Waals surface area contributed by atoms with Crippen molar-refractivity contribution in [1.29, 1.82) is 0 Å². The molecule has 1 unspecified atom stereocenters. The Hall–Kier alpha value is -3.06. The van der Waals surface area contributed by atoms with E-state index >= 15 is 0 Å². The van der Waals surface area contributed by atoms with E-state index in [1.807, 2.05) is 0 Å². The van der Waals surface area contributed by atoms with E-state index in [0.29, 0.717) is 30.4 Å². The van der Waals surface area contributed by atoms with E-state index in [0.717, 1.165) is 5.56 Å². The van der Waals surface area contributed by atoms with Crippen LogP contribution in [0.5, 0.6) is 17.2 Å². The molecular formula is C24H33N3O8S. The van der Waals surface area contributed by atoms with Crippen molar-refractivity contribution in [2.24, 2.45) is 11.7 Å². The third-order valence-electron chi connectivity index (χ3n) is 5.68. The second kappa shape index (κ2) is 12.3. The summed E-state index contributed by atoms with van der Waals surface area (Å²) in [5.41, 5.74) is 6.20. The molecule has 0 aromatic heterocycles. The molecule has 3 atom stereocenters. The Morgan fingerprint density at radius 1 is 1.14 bits per heavy atom. The van der Waals surface area contributed by atoms with Crippen LogP contribution >= 0.6 is 0 Å². The first-order valence-corrected chi connectivity index (χ1v) is 13.1. The van der Waals surface area contributed by atoms with Gasteiger partial charge in [0.05, 0.1) is 17.0 Å². The van der Waals surface area contributed by atoms with Gasteiger partial charge in [-0.25, -0.2) is 13.2 Å². The summed E-state index contributed by atoms with van der Waals surface area (Å²) in [6.45, 7) is 4.12. The number of nitrogens with one attached hydrogen (secondary N) is 2. The average Bonchev–Trinajstić information content (AvgIpc) is 3.30. The summed E-state index contributed by atoms with van der Waals surface area (Å²) < 4.78 is 42.7. The second-order valence-electron chi connectivity index (χ2n) is 8.74. The Bertz CT molecular complexity index is 1120. The number of carboxylic acid groups (broad SMARTS) is 1. The maximum atomic E-state index is 13.4. The fourth-order valence-corrected chi connectivity index (χ4v) is 5.73. The van der Waals surface area contributed by atoms with E-state index in [2.05, 4.69) is 10.6 Å². The highest BCUT2D eigenvalue weighted by atomic mass is 32.2. The number of sulfone groups is 1. The minimum Gasteiger partial charge on any atom is -0.492 e. The molecule has 0 aliphatic carbocycles. The topological polar surface area (TPSA) is 169 Å². The molecule has 6 N–H and O–H groups in total. The third-order valence-corrected chi connectivity index (χ3v) is 7.97. The normalized spacial score (nSPS) is 15.4. The van der Waals surface area contributed by atoms with Gasteiger partial charge in [-0.2, -0.15) is 0 Å². The predicted molar refractivity (Wildman–Crippen MR) is 132 cm³/mol. The lowest BCUT2D eigenvalue weighted by Gasteiger charge is -2.28. The largest absolute Gasteiger partial charge is 0.492 e. The van der Waals surface area contributed by atoms with Gasteiger partial charge in [0.2, 0.25) is 6.79 Å². The zero-order valence-electron chi connectivity index (χ0n) is 20.2. The molecule has 0 fully saturated rings. The van der Waals surface area contributed by atoms with E-state index in [-0.39, 0.29) is 30.6 Å². The molecule has 0 radical (unpaired) electrons. The molecule has 1 heterocycles. The van der Waals surface area contributed by atoms with Gasteiger partial charge in [0, 0.05) is 19.2 Å². The van der Waals surface area contributed by atoms with Crippen LogP contribution in [0, 0.1) is 5.92 Å². The van der Waals surface area contributed by atoms with Crippen molar-refractivity contribution in [2.45, 2.75) is 42.7 Å². The van der Waals surface area contributed by atoms with Gasteiger partial charge >= 0.3 is 6.09 Å². The van der Waals surface area contributed by atoms with E-state index in [1.165, 1.54) is 12.1 Å². The molecule has 11 nitrogen and oxygen atoms in total. The summed E-state index contributed by atoms with van der Waals surface area (Å²) in [4.78, 5) is 11.4. The summed E-state index contributed by atoms with van der Waals surface area (Å²) >= 11 is 0. The summed E-state index contributed by atoms with van der Waals surface area (Å²) in [7, 11) is -3.86. The first-order valence-electron chi connectivity index (χ1n) is 11.6. The number of nitrogens with two attached hydrogens (primary N) is 1. The first-order chi connectivity index (χ1) is 17.1. The Kier molecular flexibility index (Phi) is 9.37. The monoisotopic (exact) mass is 523 g/mol. The molecule has 0 bridgehead atoms. The second-order valence-corrected chi connectivity index (χ2v) is 10.8. The van der Waals surface area contributed by atoms with Crippen molar-refractivity contribution in [3.05, 3.63) is 48.0 Å². The molecule has 0 saturated heterocycles. The van der Waals surface area contributed by atoms with Crippen molar-refractivity contribution >= 4 is 15.9 Å². The molecule has 1 aliphatic heterocycles. The van der Waals surface area contributed by atoms with Crippen molar-refractivity contribution in [2.75, 3.05) is 26.5 Å². The lowest BCUT2D eigenvalue weighted by Crippen LogP contribution is -2.51. The molecule has 12 heteroatoms. The van der Waals surface area contributed by atoms with Gasteiger partial charge in [-0.3, -0.25) is 5.32 Å². The van der Waals surface area contributed by atoms with E-state index in [9.17, 15) is 23.4 Å². The number of aliphatic hydroxyl groups is 1. The Morgan fingerprint density at radius 3 is 2.47 bits per heavy atom. The Morgan fingerprint density at radius 2 is 1.83 bits per heavy atom. The van der Waals surface area contributed by atoms with Crippen molar-refractivity contribution in [3.8, 4) is 17.2 Å². The minimum atomic E-state index is -3.86. The van der Waals surface area contributed by atoms with Crippen molar-refractivity contribution in [1.82, 2.24) is 10.6 Å². The fourth-order valence-electron chi connectivity index (χ4n) is 3.88. The van der Waals surface area contributed by atoms with Gasteiger partial charge < -0.3 is 35.5 Å². The van der Waals surface area contributed by atoms with Crippen molar-refractivity contribution in [3.63, 3.8) is 0 Å². The number of rotatable bonds is 13. The lowest BCUT2D eigenvalue weighted by atomic mass is 10.0. The number of hydrogen-bond acceptors (Lipinski definition) is 9. The molecule has 198 valence electrons. The standard InChI is InChI=1S/C24H33N3O8S/c1-15(2)23(36(31,32)18-7-8-21-22(12-18)35-14-34-21)26-13-20(28)19(27-24(29)30)11-16-3-5-17(6-4-16)33-10-9-25/h3-8,12,15,19-20,23,26-28H,9-11,13-14,25H2,1-2H3,(H,29,30)/t19-,20+,23?/m0/s1. The molecule has 2 aromatic carbocycles. The molecule has 1 aliphatic rings. The Balaban J connectivity index is 1.70. The van der Waals surface area contributed by atoms with Crippen LogP contribution in [-0.4, -0.2) is 68.7 Å². The lowest BCUT2D eigenvalue weighted by molar-refractivity contribution is 0.116. The average molecular weight is 524 g/mol. The number of ether oxygens (including phenoxy) is 3. The van der Waals surface area contributed by atoms with Gasteiger partial charge in [0.1, 0.15) is 17.7 Å². The summed E-state index contributed by atoms with van der Waals surface area (Å²) in [5, 5.41) is 24.3. The van der Waals surface area contributed by atoms with Crippen LogP contribution in [-0.2, 0) is 16.3 Å². The van der Waals surface area contributed by atoms with Crippen LogP contribution in [0.3, 0.4) is 0 Å².